The van der Waals surface area contributed by atoms with Crippen LogP contribution in [0.5, 0.6) is 0 Å². The molecule has 0 saturated heterocycles. The third-order valence-corrected chi connectivity index (χ3v) is 4.67. The van der Waals surface area contributed by atoms with E-state index >= 15 is 0 Å². The molecule has 0 amide bonds. The first kappa shape index (κ1) is 13.4. The normalized spacial score (nSPS) is 21.8. The number of rotatable bonds is 3. The Labute approximate surface area is 121 Å². The maximum Gasteiger partial charge on any atom is 0.0537 e. The molecule has 1 N–H and O–H groups in total. The van der Waals surface area contributed by atoms with Gasteiger partial charge in [-0.05, 0) is 36.8 Å². The standard InChI is InChI=1S/C17H23N3/c1-12-8-9-17(16-7-5-4-6-15(12)16)18-10-14-11-19-20(3)13(14)2/h4-7,11-12,17-18H,8-10H2,1-3H3. The molecule has 3 nitrogen and oxygen atoms in total. The highest BCUT2D eigenvalue weighted by atomic mass is 15.3. The molecule has 0 bridgehead atoms. The topological polar surface area (TPSA) is 29.9 Å². The zero-order valence-corrected chi connectivity index (χ0v) is 12.6. The van der Waals surface area contributed by atoms with Crippen molar-refractivity contribution in [2.24, 2.45) is 7.05 Å². The number of hydrogen-bond acceptors (Lipinski definition) is 2. The number of aromatic nitrogens is 2. The van der Waals surface area contributed by atoms with E-state index < -0.39 is 0 Å². The van der Waals surface area contributed by atoms with Crippen molar-refractivity contribution < 1.29 is 0 Å². The van der Waals surface area contributed by atoms with Gasteiger partial charge in [0.2, 0.25) is 0 Å². The largest absolute Gasteiger partial charge is 0.306 e. The van der Waals surface area contributed by atoms with Crippen LogP contribution in [0.4, 0.5) is 0 Å². The van der Waals surface area contributed by atoms with Crippen molar-refractivity contribution in [1.82, 2.24) is 15.1 Å². The molecular formula is C17H23N3. The minimum absolute atomic E-state index is 0.474. The second-order valence-corrected chi connectivity index (χ2v) is 5.92. The maximum absolute atomic E-state index is 4.31. The molecule has 2 unspecified atom stereocenters. The highest BCUT2D eigenvalue weighted by Crippen LogP contribution is 2.37. The van der Waals surface area contributed by atoms with E-state index in [1.807, 2.05) is 17.9 Å². The smallest absolute Gasteiger partial charge is 0.0537 e. The lowest BCUT2D eigenvalue weighted by molar-refractivity contribution is 0.431. The van der Waals surface area contributed by atoms with E-state index in [1.54, 1.807) is 0 Å². The number of nitrogens with zero attached hydrogens (tertiary/aromatic N) is 2. The Morgan fingerprint density at radius 2 is 2.00 bits per heavy atom. The summed E-state index contributed by atoms with van der Waals surface area (Å²) >= 11 is 0. The van der Waals surface area contributed by atoms with Crippen molar-refractivity contribution in [3.8, 4) is 0 Å². The summed E-state index contributed by atoms with van der Waals surface area (Å²) in [5, 5.41) is 8.03. The van der Waals surface area contributed by atoms with E-state index in [0.29, 0.717) is 12.0 Å². The zero-order chi connectivity index (χ0) is 14.1. The predicted molar refractivity (Wildman–Crippen MR) is 81.6 cm³/mol. The van der Waals surface area contributed by atoms with Crippen LogP contribution in [0.1, 0.15) is 54.1 Å². The van der Waals surface area contributed by atoms with Crippen molar-refractivity contribution in [3.63, 3.8) is 0 Å². The van der Waals surface area contributed by atoms with Gasteiger partial charge in [0.1, 0.15) is 0 Å². The van der Waals surface area contributed by atoms with E-state index in [2.05, 4.69) is 48.5 Å². The summed E-state index contributed by atoms with van der Waals surface area (Å²) in [6, 6.07) is 9.34. The van der Waals surface area contributed by atoms with Gasteiger partial charge >= 0.3 is 0 Å². The summed E-state index contributed by atoms with van der Waals surface area (Å²) in [6.07, 6.45) is 4.46. The Bertz CT molecular complexity index is 600. The molecule has 1 aromatic heterocycles. The molecule has 2 atom stereocenters. The molecule has 0 radical (unpaired) electrons. The first-order chi connectivity index (χ1) is 9.66. The summed E-state index contributed by atoms with van der Waals surface area (Å²) in [7, 11) is 2.00. The van der Waals surface area contributed by atoms with Crippen molar-refractivity contribution in [1.29, 1.82) is 0 Å². The minimum Gasteiger partial charge on any atom is -0.306 e. The SMILES string of the molecule is Cc1c(CNC2CCC(C)c3ccccc32)cnn1C. The van der Waals surface area contributed by atoms with Crippen molar-refractivity contribution in [2.75, 3.05) is 0 Å². The molecular weight excluding hydrogens is 246 g/mol. The fourth-order valence-electron chi connectivity index (χ4n) is 3.17. The first-order valence-electron chi connectivity index (χ1n) is 7.46. The van der Waals surface area contributed by atoms with Crippen LogP contribution in [0.15, 0.2) is 30.5 Å². The Morgan fingerprint density at radius 3 is 2.70 bits per heavy atom. The molecule has 1 aromatic carbocycles. The molecule has 0 aliphatic heterocycles. The van der Waals surface area contributed by atoms with Crippen molar-refractivity contribution >= 4 is 0 Å². The van der Waals surface area contributed by atoms with Crippen molar-refractivity contribution in [3.05, 3.63) is 52.8 Å². The number of nitrogens with one attached hydrogen (secondary N) is 1. The van der Waals surface area contributed by atoms with Gasteiger partial charge in [-0.25, -0.2) is 0 Å². The Morgan fingerprint density at radius 1 is 1.25 bits per heavy atom. The molecule has 1 heterocycles. The molecule has 1 aliphatic rings. The van der Waals surface area contributed by atoms with Crippen LogP contribution in [0.3, 0.4) is 0 Å². The summed E-state index contributed by atoms with van der Waals surface area (Å²) in [5.41, 5.74) is 5.53. The molecule has 3 rings (SSSR count). The zero-order valence-electron chi connectivity index (χ0n) is 12.6. The summed E-state index contributed by atoms with van der Waals surface area (Å²) < 4.78 is 1.94. The van der Waals surface area contributed by atoms with Gasteiger partial charge in [-0.15, -0.1) is 0 Å². The monoisotopic (exact) mass is 269 g/mol. The lowest BCUT2D eigenvalue weighted by Gasteiger charge is -2.30. The van der Waals surface area contributed by atoms with E-state index in [4.69, 9.17) is 0 Å². The average Bonchev–Trinajstić information content (AvgIpc) is 2.79. The third kappa shape index (κ3) is 2.38. The molecule has 1 aliphatic carbocycles. The average molecular weight is 269 g/mol. The Kier molecular flexibility index (Phi) is 3.62. The highest BCUT2D eigenvalue weighted by Gasteiger charge is 2.23. The number of aryl methyl sites for hydroxylation is 1. The highest BCUT2D eigenvalue weighted by molar-refractivity contribution is 5.35. The molecule has 0 saturated carbocycles. The Hall–Kier alpha value is -1.61. The number of benzene rings is 1. The second-order valence-electron chi connectivity index (χ2n) is 5.92. The van der Waals surface area contributed by atoms with Crippen LogP contribution in [-0.4, -0.2) is 9.78 Å². The van der Waals surface area contributed by atoms with Gasteiger partial charge in [-0.3, -0.25) is 4.68 Å². The van der Waals surface area contributed by atoms with Gasteiger partial charge in [0.15, 0.2) is 0 Å². The van der Waals surface area contributed by atoms with Crippen LogP contribution < -0.4 is 5.32 Å². The number of fused-ring (bicyclic) bond motifs is 1. The van der Waals surface area contributed by atoms with Gasteiger partial charge in [0.05, 0.1) is 6.20 Å². The van der Waals surface area contributed by atoms with Crippen LogP contribution in [0, 0.1) is 6.92 Å². The molecule has 2 aromatic rings. The summed E-state index contributed by atoms with van der Waals surface area (Å²) in [4.78, 5) is 0. The second kappa shape index (κ2) is 5.41. The van der Waals surface area contributed by atoms with Crippen LogP contribution in [0.2, 0.25) is 0 Å². The third-order valence-electron chi connectivity index (χ3n) is 4.67. The van der Waals surface area contributed by atoms with Crippen molar-refractivity contribution in [2.45, 2.75) is 45.2 Å². The lowest BCUT2D eigenvalue weighted by atomic mass is 9.81. The Balaban J connectivity index is 1.76. The first-order valence-corrected chi connectivity index (χ1v) is 7.46. The number of hydrogen-bond donors (Lipinski definition) is 1. The van der Waals surface area contributed by atoms with Crippen LogP contribution in [0.25, 0.3) is 0 Å². The van der Waals surface area contributed by atoms with Crippen LogP contribution in [-0.2, 0) is 13.6 Å². The molecule has 0 spiro atoms. The molecule has 20 heavy (non-hydrogen) atoms. The lowest BCUT2D eigenvalue weighted by Crippen LogP contribution is -2.26. The minimum atomic E-state index is 0.474. The molecule has 3 heteroatoms. The molecule has 0 fully saturated rings. The van der Waals surface area contributed by atoms with E-state index in [0.717, 1.165) is 6.54 Å². The quantitative estimate of drug-likeness (QED) is 0.925. The fourth-order valence-corrected chi connectivity index (χ4v) is 3.17. The van der Waals surface area contributed by atoms with E-state index in [-0.39, 0.29) is 0 Å². The predicted octanol–water partition coefficient (Wildman–Crippen LogP) is 3.46. The van der Waals surface area contributed by atoms with Gasteiger partial charge in [-0.1, -0.05) is 31.2 Å². The van der Waals surface area contributed by atoms with Gasteiger partial charge in [-0.2, -0.15) is 5.10 Å². The van der Waals surface area contributed by atoms with E-state index in [9.17, 15) is 0 Å². The summed E-state index contributed by atoms with van der Waals surface area (Å²) in [5.74, 6) is 0.685. The van der Waals surface area contributed by atoms with Gasteiger partial charge in [0.25, 0.3) is 0 Å². The fraction of sp³-hybridized carbons (Fsp3) is 0.471. The van der Waals surface area contributed by atoms with E-state index in [1.165, 1.54) is 35.2 Å². The maximum atomic E-state index is 4.31. The molecule has 106 valence electrons. The van der Waals surface area contributed by atoms with Gasteiger partial charge in [0, 0.05) is 30.9 Å². The van der Waals surface area contributed by atoms with Gasteiger partial charge < -0.3 is 5.32 Å². The summed E-state index contributed by atoms with van der Waals surface area (Å²) in [6.45, 7) is 5.36. The van der Waals surface area contributed by atoms with Crippen LogP contribution >= 0.6 is 0 Å².